The molecule has 2 aromatic heterocycles. The lowest BCUT2D eigenvalue weighted by Gasteiger charge is -2.32. The maximum absolute atomic E-state index is 12.6. The number of carbonyl (C=O) groups excluding carboxylic acids is 3. The maximum Gasteiger partial charge on any atom is 0.244 e. The quantitative estimate of drug-likeness (QED) is 0.410. The van der Waals surface area contributed by atoms with E-state index in [1.807, 2.05) is 56.1 Å². The number of pyridine rings is 1. The lowest BCUT2D eigenvalue weighted by molar-refractivity contribution is -0.134. The Morgan fingerprint density at radius 2 is 1.81 bits per heavy atom. The predicted molar refractivity (Wildman–Crippen MR) is 145 cm³/mol. The fourth-order valence-corrected chi connectivity index (χ4v) is 4.22. The van der Waals surface area contributed by atoms with Crippen molar-refractivity contribution in [2.24, 2.45) is 0 Å². The number of nitrogens with zero attached hydrogens (tertiary/aromatic N) is 3. The smallest absolute Gasteiger partial charge is 0.244 e. The highest BCUT2D eigenvalue weighted by atomic mass is 16.2. The average molecular weight is 503 g/mol. The zero-order chi connectivity index (χ0) is 26.4. The molecule has 194 valence electrons. The van der Waals surface area contributed by atoms with Crippen molar-refractivity contribution in [2.45, 2.75) is 32.2 Å². The molecule has 0 radical (unpaired) electrons. The SMILES string of the molecule is CN1CCN(C(=O)CCC(=O)Nc2ccc(C=CC(=O)NC(C)(C)c3cc4ccccc4[nH]3)cn2)CC1. The molecule has 3 heterocycles. The molecule has 1 fully saturated rings. The Hall–Kier alpha value is -3.98. The van der Waals surface area contributed by atoms with E-state index in [-0.39, 0.29) is 30.6 Å². The van der Waals surface area contributed by atoms with Crippen molar-refractivity contribution in [1.29, 1.82) is 0 Å². The second kappa shape index (κ2) is 11.4. The van der Waals surface area contributed by atoms with Gasteiger partial charge >= 0.3 is 0 Å². The highest BCUT2D eigenvalue weighted by molar-refractivity contribution is 5.93. The van der Waals surface area contributed by atoms with Gasteiger partial charge in [0.1, 0.15) is 5.82 Å². The van der Waals surface area contributed by atoms with Crippen LogP contribution in [-0.2, 0) is 19.9 Å². The van der Waals surface area contributed by atoms with Crippen LogP contribution in [0.3, 0.4) is 0 Å². The van der Waals surface area contributed by atoms with Crippen LogP contribution in [0, 0.1) is 0 Å². The Bertz CT molecular complexity index is 1250. The van der Waals surface area contributed by atoms with Crippen molar-refractivity contribution < 1.29 is 14.4 Å². The van der Waals surface area contributed by atoms with Crippen LogP contribution < -0.4 is 10.6 Å². The second-order valence-corrected chi connectivity index (χ2v) is 9.93. The van der Waals surface area contributed by atoms with E-state index < -0.39 is 5.54 Å². The van der Waals surface area contributed by atoms with Gasteiger partial charge in [-0.25, -0.2) is 4.98 Å². The Kier molecular flexibility index (Phi) is 8.03. The molecule has 0 saturated carbocycles. The van der Waals surface area contributed by atoms with Gasteiger partial charge < -0.3 is 25.4 Å². The van der Waals surface area contributed by atoms with Crippen molar-refractivity contribution in [2.75, 3.05) is 38.5 Å². The predicted octanol–water partition coefficient (Wildman–Crippen LogP) is 3.12. The second-order valence-electron chi connectivity index (χ2n) is 9.93. The third kappa shape index (κ3) is 7.04. The molecule has 0 atom stereocenters. The molecule has 37 heavy (non-hydrogen) atoms. The van der Waals surface area contributed by atoms with E-state index in [1.54, 1.807) is 24.4 Å². The van der Waals surface area contributed by atoms with Crippen LogP contribution in [0.1, 0.15) is 37.9 Å². The number of nitrogens with one attached hydrogen (secondary N) is 3. The van der Waals surface area contributed by atoms with Gasteiger partial charge in [0.15, 0.2) is 0 Å². The van der Waals surface area contributed by atoms with Crippen LogP contribution in [0.2, 0.25) is 0 Å². The number of piperazine rings is 1. The molecular formula is C28H34N6O3. The third-order valence-electron chi connectivity index (χ3n) is 6.54. The number of aromatic amines is 1. The van der Waals surface area contributed by atoms with E-state index in [2.05, 4.69) is 25.5 Å². The molecule has 3 N–H and O–H groups in total. The number of para-hydroxylation sites is 1. The summed E-state index contributed by atoms with van der Waals surface area (Å²) in [6.07, 6.45) is 5.01. The van der Waals surface area contributed by atoms with Gasteiger partial charge in [-0.3, -0.25) is 14.4 Å². The van der Waals surface area contributed by atoms with Gasteiger partial charge in [-0.1, -0.05) is 18.2 Å². The summed E-state index contributed by atoms with van der Waals surface area (Å²) in [4.78, 5) is 48.7. The fourth-order valence-electron chi connectivity index (χ4n) is 4.22. The van der Waals surface area contributed by atoms with Gasteiger partial charge in [-0.15, -0.1) is 0 Å². The van der Waals surface area contributed by atoms with Crippen LogP contribution in [0.5, 0.6) is 0 Å². The van der Waals surface area contributed by atoms with Crippen LogP contribution in [0.15, 0.2) is 54.7 Å². The first-order valence-electron chi connectivity index (χ1n) is 12.5. The number of anilines is 1. The van der Waals surface area contributed by atoms with Gasteiger partial charge in [-0.2, -0.15) is 0 Å². The number of rotatable bonds is 8. The zero-order valence-electron chi connectivity index (χ0n) is 21.6. The summed E-state index contributed by atoms with van der Waals surface area (Å²) in [5, 5.41) is 6.84. The molecule has 1 aliphatic heterocycles. The number of hydrogen-bond donors (Lipinski definition) is 3. The van der Waals surface area contributed by atoms with Gasteiger partial charge in [-0.05, 0) is 62.2 Å². The van der Waals surface area contributed by atoms with E-state index in [9.17, 15) is 14.4 Å². The van der Waals surface area contributed by atoms with Crippen molar-refractivity contribution in [1.82, 2.24) is 25.1 Å². The number of H-pyrrole nitrogens is 1. The van der Waals surface area contributed by atoms with Crippen molar-refractivity contribution in [3.63, 3.8) is 0 Å². The standard InChI is InChI=1S/C28H34N6O3/c1-28(2,23-18-21-6-4-5-7-22(21)30-23)32-26(36)11-9-20-8-10-24(29-19-20)31-25(35)12-13-27(37)34-16-14-33(3)15-17-34/h4-11,18-19,30H,12-17H2,1-3H3,(H,32,36)(H,29,31,35). The molecule has 3 aromatic rings. The molecule has 9 nitrogen and oxygen atoms in total. The van der Waals surface area contributed by atoms with Gasteiger partial charge in [0.2, 0.25) is 17.7 Å². The number of carbonyl (C=O) groups is 3. The maximum atomic E-state index is 12.6. The largest absolute Gasteiger partial charge is 0.356 e. The molecule has 0 unspecified atom stereocenters. The number of fused-ring (bicyclic) bond motifs is 1. The number of hydrogen-bond acceptors (Lipinski definition) is 5. The molecule has 0 bridgehead atoms. The van der Waals surface area contributed by atoms with Gasteiger partial charge in [0.25, 0.3) is 0 Å². The van der Waals surface area contributed by atoms with Gasteiger partial charge in [0, 0.05) is 62.5 Å². The minimum Gasteiger partial charge on any atom is -0.356 e. The highest BCUT2D eigenvalue weighted by Gasteiger charge is 2.24. The molecule has 1 aliphatic rings. The first-order valence-corrected chi connectivity index (χ1v) is 12.5. The zero-order valence-corrected chi connectivity index (χ0v) is 21.6. The van der Waals surface area contributed by atoms with Crippen LogP contribution in [0.25, 0.3) is 17.0 Å². The first-order chi connectivity index (χ1) is 17.7. The Morgan fingerprint density at radius 3 is 2.51 bits per heavy atom. The van der Waals surface area contributed by atoms with E-state index in [4.69, 9.17) is 0 Å². The van der Waals surface area contributed by atoms with E-state index >= 15 is 0 Å². The number of aromatic nitrogens is 2. The number of likely N-dealkylation sites (N-methyl/N-ethyl adjacent to an activating group) is 1. The summed E-state index contributed by atoms with van der Waals surface area (Å²) in [5.41, 5.74) is 2.08. The Labute approximate surface area is 216 Å². The van der Waals surface area contributed by atoms with Crippen LogP contribution in [-0.4, -0.2) is 70.7 Å². The van der Waals surface area contributed by atoms with Crippen LogP contribution in [0.4, 0.5) is 5.82 Å². The van der Waals surface area contributed by atoms with Crippen molar-refractivity contribution in [3.05, 3.63) is 66.0 Å². The first kappa shape index (κ1) is 26.1. The van der Waals surface area contributed by atoms with Crippen molar-refractivity contribution in [3.8, 4) is 0 Å². The van der Waals surface area contributed by atoms with E-state index in [0.717, 1.165) is 35.2 Å². The summed E-state index contributed by atoms with van der Waals surface area (Å²) >= 11 is 0. The van der Waals surface area contributed by atoms with Crippen molar-refractivity contribution >= 4 is 40.5 Å². The van der Waals surface area contributed by atoms with Crippen LogP contribution >= 0.6 is 0 Å². The number of benzene rings is 1. The molecule has 4 rings (SSSR count). The monoisotopic (exact) mass is 502 g/mol. The fraction of sp³-hybridized carbons (Fsp3) is 0.357. The molecule has 1 saturated heterocycles. The lowest BCUT2D eigenvalue weighted by Crippen LogP contribution is -2.47. The normalized spacial score (nSPS) is 14.7. The molecule has 3 amide bonds. The average Bonchev–Trinajstić information content (AvgIpc) is 3.33. The molecular weight excluding hydrogens is 468 g/mol. The summed E-state index contributed by atoms with van der Waals surface area (Å²) in [7, 11) is 2.03. The summed E-state index contributed by atoms with van der Waals surface area (Å²) in [5.74, 6) is -0.0795. The van der Waals surface area contributed by atoms with E-state index in [0.29, 0.717) is 18.9 Å². The summed E-state index contributed by atoms with van der Waals surface area (Å²) < 4.78 is 0. The molecule has 0 aliphatic carbocycles. The molecule has 1 aromatic carbocycles. The minimum atomic E-state index is -0.585. The topological polar surface area (TPSA) is 110 Å². The number of amides is 3. The Morgan fingerprint density at radius 1 is 1.05 bits per heavy atom. The third-order valence-corrected chi connectivity index (χ3v) is 6.54. The molecule has 9 heteroatoms. The minimum absolute atomic E-state index is 0.00249. The van der Waals surface area contributed by atoms with Gasteiger partial charge in [0.05, 0.1) is 5.54 Å². The van der Waals surface area contributed by atoms with E-state index in [1.165, 1.54) is 6.08 Å². The summed E-state index contributed by atoms with van der Waals surface area (Å²) in [6.45, 7) is 7.00. The lowest BCUT2D eigenvalue weighted by atomic mass is 10.0. The molecule has 0 spiro atoms. The summed E-state index contributed by atoms with van der Waals surface area (Å²) in [6, 6.07) is 13.5. The highest BCUT2D eigenvalue weighted by Crippen LogP contribution is 2.24. The Balaban J connectivity index is 1.24.